The molecule has 0 spiro atoms. The molecule has 1 fully saturated rings. The van der Waals surface area contributed by atoms with Crippen molar-refractivity contribution >= 4 is 22.9 Å². The van der Waals surface area contributed by atoms with E-state index in [1.165, 1.54) is 18.7 Å². The third kappa shape index (κ3) is 2.50. The van der Waals surface area contributed by atoms with Crippen LogP contribution in [0, 0.1) is 0 Å². The van der Waals surface area contributed by atoms with Crippen molar-refractivity contribution in [3.8, 4) is 0 Å². The maximum atomic E-state index is 12.4. The molecule has 1 aliphatic rings. The second-order valence-electron chi connectivity index (χ2n) is 6.36. The predicted molar refractivity (Wildman–Crippen MR) is 86.4 cm³/mol. The number of imidazole rings is 1. The number of nitrogen functional groups attached to an aromatic ring is 1. The van der Waals surface area contributed by atoms with Crippen LogP contribution >= 0.6 is 0 Å². The number of likely N-dealkylation sites (tertiary alicyclic amines) is 1. The Balaban J connectivity index is 1.63. The van der Waals surface area contributed by atoms with E-state index in [0.717, 1.165) is 0 Å². The van der Waals surface area contributed by atoms with Gasteiger partial charge in [0.15, 0.2) is 17.2 Å². The van der Waals surface area contributed by atoms with Crippen LogP contribution in [-0.2, 0) is 0 Å². The Morgan fingerprint density at radius 3 is 3.00 bits per heavy atom. The molecule has 0 bridgehead atoms. The van der Waals surface area contributed by atoms with Gasteiger partial charge in [0.2, 0.25) is 0 Å². The fourth-order valence-electron chi connectivity index (χ4n) is 3.35. The van der Waals surface area contributed by atoms with Crippen LogP contribution in [0.4, 0.5) is 5.82 Å². The lowest BCUT2D eigenvalue weighted by Gasteiger charge is -2.43. The number of fused-ring (bicyclic) bond motifs is 1. The highest BCUT2D eigenvalue weighted by molar-refractivity contribution is 5.92. The molecule has 25 heavy (non-hydrogen) atoms. The number of aromatic nitrogens is 5. The number of amides is 1. The first-order valence-corrected chi connectivity index (χ1v) is 7.82. The van der Waals surface area contributed by atoms with E-state index < -0.39 is 5.60 Å². The number of β-amino-alcohol motifs (C(OH)–C–C–N with tert-alkyl or cyclic N) is 1. The van der Waals surface area contributed by atoms with E-state index in [1.807, 2.05) is 0 Å². The van der Waals surface area contributed by atoms with E-state index in [0.29, 0.717) is 29.9 Å². The maximum Gasteiger partial charge on any atom is 0.276 e. The first-order chi connectivity index (χ1) is 12.0. The lowest BCUT2D eigenvalue weighted by molar-refractivity contribution is -0.0481. The molecular weight excluding hydrogens is 326 g/mol. The third-order valence-electron chi connectivity index (χ3n) is 4.57. The zero-order valence-corrected chi connectivity index (χ0v) is 13.5. The summed E-state index contributed by atoms with van der Waals surface area (Å²) in [6.45, 7) is 2.31. The van der Waals surface area contributed by atoms with Crippen molar-refractivity contribution in [1.29, 1.82) is 0 Å². The van der Waals surface area contributed by atoms with Gasteiger partial charge in [-0.2, -0.15) is 0 Å². The van der Waals surface area contributed by atoms with Crippen LogP contribution in [0.15, 0.2) is 29.5 Å². The van der Waals surface area contributed by atoms with Crippen molar-refractivity contribution in [2.24, 2.45) is 0 Å². The molecule has 0 saturated carbocycles. The molecule has 4 rings (SSSR count). The Hall–Kier alpha value is -3.01. The zero-order chi connectivity index (χ0) is 17.6. The van der Waals surface area contributed by atoms with E-state index in [4.69, 9.17) is 10.3 Å². The Kier molecular flexibility index (Phi) is 3.42. The summed E-state index contributed by atoms with van der Waals surface area (Å²) in [6, 6.07) is 1.21. The van der Waals surface area contributed by atoms with E-state index in [-0.39, 0.29) is 24.2 Å². The lowest BCUT2D eigenvalue weighted by atomic mass is 9.88. The Morgan fingerprint density at radius 2 is 2.28 bits per heavy atom. The van der Waals surface area contributed by atoms with Crippen LogP contribution in [0.1, 0.15) is 29.9 Å². The molecule has 3 aromatic rings. The third-order valence-corrected chi connectivity index (χ3v) is 4.57. The topological polar surface area (TPSA) is 136 Å². The van der Waals surface area contributed by atoms with Crippen molar-refractivity contribution in [3.05, 3.63) is 30.7 Å². The van der Waals surface area contributed by atoms with E-state index >= 15 is 0 Å². The van der Waals surface area contributed by atoms with Gasteiger partial charge < -0.3 is 24.8 Å². The average molecular weight is 343 g/mol. The molecule has 130 valence electrons. The smallest absolute Gasteiger partial charge is 0.276 e. The van der Waals surface area contributed by atoms with Gasteiger partial charge in [0.25, 0.3) is 5.91 Å². The van der Waals surface area contributed by atoms with Gasteiger partial charge in [-0.25, -0.2) is 15.0 Å². The predicted octanol–water partition coefficient (Wildman–Crippen LogP) is 0.235. The molecule has 1 saturated heterocycles. The van der Waals surface area contributed by atoms with Crippen molar-refractivity contribution in [2.75, 3.05) is 18.8 Å². The number of nitrogens with two attached hydrogens (primary N) is 1. The molecule has 4 heterocycles. The van der Waals surface area contributed by atoms with Gasteiger partial charge in [0.1, 0.15) is 23.7 Å². The molecular formula is C15H17N7O3. The number of carbonyl (C=O) groups is 1. The van der Waals surface area contributed by atoms with Gasteiger partial charge in [-0.1, -0.05) is 5.16 Å². The minimum Gasteiger partial charge on any atom is -0.386 e. The average Bonchev–Trinajstić information content (AvgIpc) is 3.23. The van der Waals surface area contributed by atoms with E-state index in [2.05, 4.69) is 20.1 Å². The minimum absolute atomic E-state index is 0.156. The van der Waals surface area contributed by atoms with Crippen LogP contribution in [0.3, 0.4) is 0 Å². The number of aliphatic hydroxyl groups is 1. The van der Waals surface area contributed by atoms with Gasteiger partial charge in [0.05, 0.1) is 18.9 Å². The number of hydrogen-bond donors (Lipinski definition) is 2. The van der Waals surface area contributed by atoms with Gasteiger partial charge in [-0.3, -0.25) is 4.79 Å². The minimum atomic E-state index is -1.18. The van der Waals surface area contributed by atoms with Crippen LogP contribution in [0.2, 0.25) is 0 Å². The van der Waals surface area contributed by atoms with Crippen LogP contribution in [0.25, 0.3) is 11.2 Å². The fraction of sp³-hybridized carbons (Fsp3) is 0.400. The number of anilines is 1. The summed E-state index contributed by atoms with van der Waals surface area (Å²) < 4.78 is 6.52. The number of piperidine rings is 1. The van der Waals surface area contributed by atoms with Crippen molar-refractivity contribution < 1.29 is 14.4 Å². The highest BCUT2D eigenvalue weighted by Gasteiger charge is 2.42. The number of carbonyl (C=O) groups excluding carboxylic acids is 1. The first kappa shape index (κ1) is 15.5. The van der Waals surface area contributed by atoms with Crippen molar-refractivity contribution in [3.63, 3.8) is 0 Å². The molecule has 0 unspecified atom stereocenters. The Labute approximate surface area is 142 Å². The summed E-state index contributed by atoms with van der Waals surface area (Å²) in [7, 11) is 0. The highest BCUT2D eigenvalue weighted by atomic mass is 16.5. The number of hydrogen-bond acceptors (Lipinski definition) is 8. The molecule has 0 aromatic carbocycles. The molecule has 0 radical (unpaired) electrons. The number of nitrogens with zero attached hydrogens (tertiary/aromatic N) is 6. The van der Waals surface area contributed by atoms with Gasteiger partial charge >= 0.3 is 0 Å². The summed E-state index contributed by atoms with van der Waals surface area (Å²) in [4.78, 5) is 26.4. The van der Waals surface area contributed by atoms with Gasteiger partial charge in [-0.15, -0.1) is 0 Å². The van der Waals surface area contributed by atoms with E-state index in [9.17, 15) is 9.90 Å². The van der Waals surface area contributed by atoms with Crippen molar-refractivity contribution in [1.82, 2.24) is 29.6 Å². The summed E-state index contributed by atoms with van der Waals surface area (Å²) in [6.07, 6.45) is 4.85. The lowest BCUT2D eigenvalue weighted by Crippen LogP contribution is -2.54. The normalized spacial score (nSPS) is 23.9. The Bertz CT molecular complexity index is 919. The van der Waals surface area contributed by atoms with Crippen LogP contribution in [0.5, 0.6) is 0 Å². The van der Waals surface area contributed by atoms with Crippen LogP contribution in [-0.4, -0.2) is 59.3 Å². The van der Waals surface area contributed by atoms with Crippen molar-refractivity contribution in [2.45, 2.75) is 25.0 Å². The maximum absolute atomic E-state index is 12.4. The second-order valence-corrected chi connectivity index (χ2v) is 6.36. The molecule has 2 atom stereocenters. The molecule has 1 amide bonds. The summed E-state index contributed by atoms with van der Waals surface area (Å²) in [5.41, 5.74) is 5.94. The molecule has 1 aliphatic heterocycles. The molecule has 3 N–H and O–H groups in total. The molecule has 0 aliphatic carbocycles. The van der Waals surface area contributed by atoms with Crippen LogP contribution < -0.4 is 5.73 Å². The SMILES string of the molecule is C[C@@]1(O)CN(C(=O)c2ccon2)CC[C@H]1n1cnc2c(N)ncnc21. The largest absolute Gasteiger partial charge is 0.386 e. The standard InChI is InChI=1S/C15H17N7O3/c1-15(24)6-21(14(23)9-3-5-25-20-9)4-2-10(15)22-8-19-11-12(16)17-7-18-13(11)22/h3,5,7-8,10,24H,2,4,6H2,1H3,(H2,16,17,18)/t10-,15-/m1/s1. The first-order valence-electron chi connectivity index (χ1n) is 7.82. The summed E-state index contributed by atoms with van der Waals surface area (Å²) in [5.74, 6) is 0.0246. The molecule has 10 nitrogen and oxygen atoms in total. The number of rotatable bonds is 2. The van der Waals surface area contributed by atoms with Gasteiger partial charge in [-0.05, 0) is 13.3 Å². The Morgan fingerprint density at radius 1 is 1.44 bits per heavy atom. The molecule has 3 aromatic heterocycles. The summed E-state index contributed by atoms with van der Waals surface area (Å²) in [5, 5.41) is 14.7. The summed E-state index contributed by atoms with van der Waals surface area (Å²) >= 11 is 0. The monoisotopic (exact) mass is 343 g/mol. The van der Waals surface area contributed by atoms with E-state index in [1.54, 1.807) is 22.7 Å². The fourth-order valence-corrected chi connectivity index (χ4v) is 3.35. The molecule has 10 heteroatoms. The van der Waals surface area contributed by atoms with Gasteiger partial charge in [0, 0.05) is 12.6 Å². The quantitative estimate of drug-likeness (QED) is 0.675. The zero-order valence-electron chi connectivity index (χ0n) is 13.5. The second kappa shape index (κ2) is 5.52. The highest BCUT2D eigenvalue weighted by Crippen LogP contribution is 2.34.